The number of benzene rings is 1. The van der Waals surface area contributed by atoms with Crippen LogP contribution in [0, 0.1) is 10.1 Å². The molecule has 0 bridgehead atoms. The fraction of sp³-hybridized carbons (Fsp3) is 0.0588. The zero-order chi connectivity index (χ0) is 18.5. The first-order valence-electron chi connectivity index (χ1n) is 7.40. The Morgan fingerprint density at radius 1 is 1.23 bits per heavy atom. The van der Waals surface area contributed by atoms with E-state index in [1.54, 1.807) is 18.2 Å². The fourth-order valence-electron chi connectivity index (χ4n) is 2.08. The maximum absolute atomic E-state index is 12.2. The van der Waals surface area contributed by atoms with Gasteiger partial charge in [-0.05, 0) is 42.5 Å². The topological polar surface area (TPSA) is 108 Å². The third kappa shape index (κ3) is 4.25. The molecule has 132 valence electrons. The monoisotopic (exact) mass is 417 g/mol. The Labute approximate surface area is 156 Å². The number of amides is 1. The first-order valence-corrected chi connectivity index (χ1v) is 8.19. The lowest BCUT2D eigenvalue weighted by atomic mass is 10.3. The highest BCUT2D eigenvalue weighted by Crippen LogP contribution is 2.23. The zero-order valence-corrected chi connectivity index (χ0v) is 14.8. The van der Waals surface area contributed by atoms with E-state index in [1.165, 1.54) is 18.3 Å². The number of anilines is 1. The number of ether oxygens (including phenoxy) is 1. The standard InChI is InChI=1S/C17H12BrN3O5/c18-11-1-3-12(4-2-11)25-10-13-5-6-16(26-13)17(22)20-14-7-8-19-9-15(14)21(23)24/h1-9H,10H2,(H,19,20,22). The van der Waals surface area contributed by atoms with Gasteiger partial charge in [-0.25, -0.2) is 0 Å². The van der Waals surface area contributed by atoms with Gasteiger partial charge in [-0.3, -0.25) is 19.9 Å². The molecule has 0 aliphatic carbocycles. The Bertz CT molecular complexity index is 940. The van der Waals surface area contributed by atoms with Crippen LogP contribution < -0.4 is 10.1 Å². The van der Waals surface area contributed by atoms with Crippen LogP contribution in [0.15, 0.2) is 63.7 Å². The second-order valence-corrected chi connectivity index (χ2v) is 6.03. The summed E-state index contributed by atoms with van der Waals surface area (Å²) < 4.78 is 11.9. The van der Waals surface area contributed by atoms with Gasteiger partial charge in [-0.1, -0.05) is 15.9 Å². The highest BCUT2D eigenvalue weighted by Gasteiger charge is 2.18. The van der Waals surface area contributed by atoms with Crippen molar-refractivity contribution < 1.29 is 18.9 Å². The molecule has 3 aromatic rings. The van der Waals surface area contributed by atoms with Crippen molar-refractivity contribution in [3.63, 3.8) is 0 Å². The van der Waals surface area contributed by atoms with Crippen LogP contribution in [0.5, 0.6) is 5.75 Å². The third-order valence-corrected chi connectivity index (χ3v) is 3.85. The molecule has 0 saturated heterocycles. The van der Waals surface area contributed by atoms with Crippen molar-refractivity contribution >= 4 is 33.2 Å². The number of nitro groups is 1. The summed E-state index contributed by atoms with van der Waals surface area (Å²) in [5.74, 6) is 0.519. The summed E-state index contributed by atoms with van der Waals surface area (Å²) in [6, 6.07) is 11.7. The number of furan rings is 1. The molecule has 0 fully saturated rings. The average molecular weight is 418 g/mol. The van der Waals surface area contributed by atoms with Crippen molar-refractivity contribution in [2.24, 2.45) is 0 Å². The molecule has 0 aliphatic heterocycles. The quantitative estimate of drug-likeness (QED) is 0.476. The molecule has 0 unspecified atom stereocenters. The van der Waals surface area contributed by atoms with Gasteiger partial charge >= 0.3 is 5.69 Å². The van der Waals surface area contributed by atoms with Crippen molar-refractivity contribution in [1.29, 1.82) is 0 Å². The first-order chi connectivity index (χ1) is 12.5. The summed E-state index contributed by atoms with van der Waals surface area (Å²) in [5.41, 5.74) is -0.259. The van der Waals surface area contributed by atoms with Gasteiger partial charge in [0.2, 0.25) is 0 Å². The van der Waals surface area contributed by atoms with Crippen molar-refractivity contribution in [2.45, 2.75) is 6.61 Å². The number of carbonyl (C=O) groups is 1. The van der Waals surface area contributed by atoms with Crippen molar-refractivity contribution in [1.82, 2.24) is 4.98 Å². The van der Waals surface area contributed by atoms with E-state index in [1.807, 2.05) is 12.1 Å². The van der Waals surface area contributed by atoms with Crippen LogP contribution in [-0.2, 0) is 6.61 Å². The highest BCUT2D eigenvalue weighted by atomic mass is 79.9. The molecule has 8 nitrogen and oxygen atoms in total. The lowest BCUT2D eigenvalue weighted by Crippen LogP contribution is -2.12. The minimum absolute atomic E-state index is 0.0190. The maximum atomic E-state index is 12.2. The summed E-state index contributed by atoms with van der Waals surface area (Å²) in [4.78, 5) is 26.2. The van der Waals surface area contributed by atoms with E-state index in [0.29, 0.717) is 11.5 Å². The number of aromatic nitrogens is 1. The van der Waals surface area contributed by atoms with Crippen LogP contribution in [0.2, 0.25) is 0 Å². The van der Waals surface area contributed by atoms with Crippen molar-refractivity contribution in [3.8, 4) is 5.75 Å². The molecule has 0 aliphatic rings. The molecule has 2 heterocycles. The molecule has 1 N–H and O–H groups in total. The number of carbonyl (C=O) groups excluding carboxylic acids is 1. The zero-order valence-electron chi connectivity index (χ0n) is 13.2. The number of nitrogens with zero attached hydrogens (tertiary/aromatic N) is 2. The van der Waals surface area contributed by atoms with Gasteiger partial charge < -0.3 is 14.5 Å². The largest absolute Gasteiger partial charge is 0.486 e. The lowest BCUT2D eigenvalue weighted by molar-refractivity contribution is -0.384. The van der Waals surface area contributed by atoms with Gasteiger partial charge in [0, 0.05) is 10.7 Å². The second-order valence-electron chi connectivity index (χ2n) is 5.11. The van der Waals surface area contributed by atoms with Crippen LogP contribution >= 0.6 is 15.9 Å². The van der Waals surface area contributed by atoms with E-state index in [4.69, 9.17) is 9.15 Å². The number of pyridine rings is 1. The summed E-state index contributed by atoms with van der Waals surface area (Å²) in [6.45, 7) is 0.143. The van der Waals surface area contributed by atoms with Gasteiger partial charge in [-0.2, -0.15) is 0 Å². The van der Waals surface area contributed by atoms with Crippen molar-refractivity contribution in [3.05, 3.63) is 81.0 Å². The normalized spacial score (nSPS) is 10.3. The molecular formula is C17H12BrN3O5. The van der Waals surface area contributed by atoms with E-state index in [0.717, 1.165) is 10.7 Å². The Morgan fingerprint density at radius 2 is 2.00 bits per heavy atom. The Balaban J connectivity index is 1.65. The van der Waals surface area contributed by atoms with Gasteiger partial charge in [0.1, 0.15) is 30.0 Å². The summed E-state index contributed by atoms with van der Waals surface area (Å²) in [7, 11) is 0. The van der Waals surface area contributed by atoms with Gasteiger partial charge in [-0.15, -0.1) is 0 Å². The number of hydrogen-bond acceptors (Lipinski definition) is 6. The molecule has 2 aromatic heterocycles. The second kappa shape index (κ2) is 7.79. The molecule has 1 amide bonds. The Hall–Kier alpha value is -3.20. The van der Waals surface area contributed by atoms with E-state index in [-0.39, 0.29) is 23.7 Å². The lowest BCUT2D eigenvalue weighted by Gasteiger charge is -2.05. The van der Waals surface area contributed by atoms with Crippen LogP contribution in [0.4, 0.5) is 11.4 Å². The fourth-order valence-corrected chi connectivity index (χ4v) is 2.35. The third-order valence-electron chi connectivity index (χ3n) is 3.33. The predicted octanol–water partition coefficient (Wildman–Crippen LogP) is 4.18. The maximum Gasteiger partial charge on any atom is 0.310 e. The van der Waals surface area contributed by atoms with E-state index in [9.17, 15) is 14.9 Å². The molecular weight excluding hydrogens is 406 g/mol. The first kappa shape index (κ1) is 17.6. The number of rotatable bonds is 6. The molecule has 26 heavy (non-hydrogen) atoms. The van der Waals surface area contributed by atoms with E-state index >= 15 is 0 Å². The molecule has 0 spiro atoms. The van der Waals surface area contributed by atoms with Crippen LogP contribution in [0.1, 0.15) is 16.3 Å². The predicted molar refractivity (Wildman–Crippen MR) is 96.0 cm³/mol. The summed E-state index contributed by atoms with van der Waals surface area (Å²) >= 11 is 3.34. The highest BCUT2D eigenvalue weighted by molar-refractivity contribution is 9.10. The number of halogens is 1. The average Bonchev–Trinajstić information content (AvgIpc) is 3.11. The Kier molecular flexibility index (Phi) is 5.28. The Morgan fingerprint density at radius 3 is 2.73 bits per heavy atom. The van der Waals surface area contributed by atoms with Crippen LogP contribution in [0.25, 0.3) is 0 Å². The molecule has 0 atom stereocenters. The molecule has 3 rings (SSSR count). The smallest absolute Gasteiger partial charge is 0.310 e. The SMILES string of the molecule is O=C(Nc1ccncc1[N+](=O)[O-])c1ccc(COc2ccc(Br)cc2)o1. The van der Waals surface area contributed by atoms with E-state index < -0.39 is 10.8 Å². The molecule has 1 aromatic carbocycles. The molecule has 0 radical (unpaired) electrons. The number of hydrogen-bond donors (Lipinski definition) is 1. The van der Waals surface area contributed by atoms with E-state index in [2.05, 4.69) is 26.2 Å². The summed E-state index contributed by atoms with van der Waals surface area (Å²) in [6.07, 6.45) is 2.41. The number of nitrogens with one attached hydrogen (secondary N) is 1. The summed E-state index contributed by atoms with van der Waals surface area (Å²) in [5, 5.41) is 13.4. The van der Waals surface area contributed by atoms with Crippen LogP contribution in [0.3, 0.4) is 0 Å². The van der Waals surface area contributed by atoms with Crippen molar-refractivity contribution in [2.75, 3.05) is 5.32 Å². The van der Waals surface area contributed by atoms with Gasteiger partial charge in [0.05, 0.1) is 4.92 Å². The minimum Gasteiger partial charge on any atom is -0.486 e. The van der Waals surface area contributed by atoms with Gasteiger partial charge in [0.25, 0.3) is 5.91 Å². The molecule has 9 heteroatoms. The van der Waals surface area contributed by atoms with Gasteiger partial charge in [0.15, 0.2) is 5.76 Å². The minimum atomic E-state index is -0.623. The molecule has 0 saturated carbocycles. The van der Waals surface area contributed by atoms with Crippen LogP contribution in [-0.4, -0.2) is 15.8 Å².